The first-order valence-corrected chi connectivity index (χ1v) is 5.94. The molecule has 6 heteroatoms. The zero-order chi connectivity index (χ0) is 12.8. The summed E-state index contributed by atoms with van der Waals surface area (Å²) < 4.78 is 0. The number of amides is 2. The van der Waals surface area contributed by atoms with E-state index in [0.29, 0.717) is 5.92 Å². The summed E-state index contributed by atoms with van der Waals surface area (Å²) in [7, 11) is 0. The number of aliphatic hydroxyl groups is 1. The van der Waals surface area contributed by atoms with E-state index < -0.39 is 18.1 Å². The van der Waals surface area contributed by atoms with Crippen LogP contribution in [0.4, 0.5) is 4.79 Å². The van der Waals surface area contributed by atoms with Gasteiger partial charge in [0.2, 0.25) is 0 Å². The third kappa shape index (κ3) is 5.04. The lowest BCUT2D eigenvalue weighted by Gasteiger charge is -2.27. The number of aliphatic carboxylic acids is 1. The van der Waals surface area contributed by atoms with E-state index in [0.717, 1.165) is 25.7 Å². The Hall–Kier alpha value is -1.30. The monoisotopic (exact) mass is 244 g/mol. The average molecular weight is 244 g/mol. The Balaban J connectivity index is 2.19. The average Bonchev–Trinajstić information content (AvgIpc) is 2.29. The number of hydrogen-bond donors (Lipinski definition) is 4. The summed E-state index contributed by atoms with van der Waals surface area (Å²) in [5.74, 6) is -0.623. The van der Waals surface area contributed by atoms with Crippen molar-refractivity contribution in [2.45, 2.75) is 44.8 Å². The van der Waals surface area contributed by atoms with Gasteiger partial charge in [0.05, 0.1) is 6.54 Å². The quantitative estimate of drug-likeness (QED) is 0.572. The predicted octanol–water partition coefficient (Wildman–Crippen LogP) is 0.310. The Morgan fingerprint density at radius 2 is 1.88 bits per heavy atom. The Labute approximate surface area is 100 Å². The molecule has 98 valence electrons. The molecule has 6 nitrogen and oxygen atoms in total. The molecule has 1 fully saturated rings. The topological polar surface area (TPSA) is 98.7 Å². The lowest BCUT2D eigenvalue weighted by Crippen LogP contribution is -2.46. The summed E-state index contributed by atoms with van der Waals surface area (Å²) in [5.41, 5.74) is 0. The van der Waals surface area contributed by atoms with Crippen LogP contribution in [0.2, 0.25) is 0 Å². The van der Waals surface area contributed by atoms with Crippen molar-refractivity contribution in [1.82, 2.24) is 10.6 Å². The van der Waals surface area contributed by atoms with Crippen molar-refractivity contribution >= 4 is 12.0 Å². The van der Waals surface area contributed by atoms with E-state index >= 15 is 0 Å². The molecule has 0 aromatic heterocycles. The van der Waals surface area contributed by atoms with Crippen LogP contribution in [0.1, 0.15) is 32.6 Å². The highest BCUT2D eigenvalue weighted by atomic mass is 16.4. The van der Waals surface area contributed by atoms with E-state index in [-0.39, 0.29) is 12.6 Å². The number of carbonyl (C=O) groups excluding carboxylic acids is 1. The molecule has 1 saturated carbocycles. The third-order valence-electron chi connectivity index (χ3n) is 3.09. The van der Waals surface area contributed by atoms with Crippen LogP contribution < -0.4 is 10.6 Å². The molecule has 2 amide bonds. The minimum absolute atomic E-state index is 0.160. The maximum Gasteiger partial charge on any atom is 0.334 e. The minimum Gasteiger partial charge on any atom is -0.479 e. The van der Waals surface area contributed by atoms with E-state index in [1.807, 2.05) is 0 Å². The van der Waals surface area contributed by atoms with E-state index in [4.69, 9.17) is 10.2 Å². The zero-order valence-corrected chi connectivity index (χ0v) is 9.98. The molecule has 1 rings (SSSR count). The predicted molar refractivity (Wildman–Crippen MR) is 61.6 cm³/mol. The second-order valence-electron chi connectivity index (χ2n) is 4.67. The normalized spacial score (nSPS) is 26.0. The first-order valence-electron chi connectivity index (χ1n) is 5.94. The van der Waals surface area contributed by atoms with Crippen LogP contribution in [0.5, 0.6) is 0 Å². The van der Waals surface area contributed by atoms with Crippen molar-refractivity contribution in [3.63, 3.8) is 0 Å². The van der Waals surface area contributed by atoms with Crippen LogP contribution in [0.15, 0.2) is 0 Å². The molecule has 0 radical (unpaired) electrons. The van der Waals surface area contributed by atoms with E-state index in [1.165, 1.54) is 0 Å². The van der Waals surface area contributed by atoms with Crippen LogP contribution in [0.25, 0.3) is 0 Å². The molecule has 0 bridgehead atoms. The van der Waals surface area contributed by atoms with Gasteiger partial charge in [0.25, 0.3) is 0 Å². The summed E-state index contributed by atoms with van der Waals surface area (Å²) in [4.78, 5) is 21.7. The molecule has 17 heavy (non-hydrogen) atoms. The molecule has 1 aliphatic carbocycles. The van der Waals surface area contributed by atoms with Crippen LogP contribution in [0.3, 0.4) is 0 Å². The van der Waals surface area contributed by atoms with Gasteiger partial charge in [-0.1, -0.05) is 6.92 Å². The second kappa shape index (κ2) is 6.44. The van der Waals surface area contributed by atoms with Gasteiger partial charge in [-0.3, -0.25) is 0 Å². The standard InChI is InChI=1S/C11H20N2O4/c1-7-2-4-8(5-3-7)13-11(17)12-6-9(14)10(15)16/h7-9,14H,2-6H2,1H3,(H,15,16)(H2,12,13,17)/t7?,8?,9-/m0/s1. The van der Waals surface area contributed by atoms with Gasteiger partial charge in [-0.05, 0) is 31.6 Å². The molecule has 4 N–H and O–H groups in total. The largest absolute Gasteiger partial charge is 0.479 e. The lowest BCUT2D eigenvalue weighted by atomic mass is 9.87. The maximum absolute atomic E-state index is 11.4. The maximum atomic E-state index is 11.4. The highest BCUT2D eigenvalue weighted by Gasteiger charge is 2.20. The molecule has 0 heterocycles. The molecule has 0 aliphatic heterocycles. The van der Waals surface area contributed by atoms with Crippen molar-refractivity contribution in [2.24, 2.45) is 5.92 Å². The Bertz CT molecular complexity index is 275. The molecule has 1 atom stereocenters. The van der Waals surface area contributed by atoms with E-state index in [2.05, 4.69) is 17.6 Å². The van der Waals surface area contributed by atoms with Crippen LogP contribution in [-0.4, -0.2) is 40.9 Å². The second-order valence-corrected chi connectivity index (χ2v) is 4.67. The number of rotatable bonds is 4. The molecular weight excluding hydrogens is 224 g/mol. The fraction of sp³-hybridized carbons (Fsp3) is 0.818. The SMILES string of the molecule is CC1CCC(NC(=O)NC[C@H](O)C(=O)O)CC1. The van der Waals surface area contributed by atoms with Crippen molar-refractivity contribution in [3.8, 4) is 0 Å². The molecular formula is C11H20N2O4. The first kappa shape index (κ1) is 13.8. The van der Waals surface area contributed by atoms with Gasteiger partial charge in [-0.15, -0.1) is 0 Å². The summed E-state index contributed by atoms with van der Waals surface area (Å²) in [6, 6.07) is -0.252. The van der Waals surface area contributed by atoms with Gasteiger partial charge >= 0.3 is 12.0 Å². The van der Waals surface area contributed by atoms with Crippen molar-refractivity contribution in [3.05, 3.63) is 0 Å². The van der Waals surface area contributed by atoms with Gasteiger partial charge in [-0.25, -0.2) is 9.59 Å². The summed E-state index contributed by atoms with van der Waals surface area (Å²) >= 11 is 0. The Morgan fingerprint density at radius 3 is 2.41 bits per heavy atom. The molecule has 1 aliphatic rings. The molecule has 0 aromatic carbocycles. The fourth-order valence-corrected chi connectivity index (χ4v) is 1.92. The number of carboxylic acids is 1. The minimum atomic E-state index is -1.55. The summed E-state index contributed by atoms with van der Waals surface area (Å²) in [6.07, 6.45) is 2.56. The van der Waals surface area contributed by atoms with Crippen molar-refractivity contribution in [2.75, 3.05) is 6.54 Å². The van der Waals surface area contributed by atoms with E-state index in [9.17, 15) is 9.59 Å². The van der Waals surface area contributed by atoms with Crippen LogP contribution in [-0.2, 0) is 4.79 Å². The summed E-state index contributed by atoms with van der Waals surface area (Å²) in [6.45, 7) is 1.92. The number of urea groups is 1. The van der Waals surface area contributed by atoms with Crippen LogP contribution in [0, 0.1) is 5.92 Å². The van der Waals surface area contributed by atoms with Gasteiger partial charge in [0.1, 0.15) is 0 Å². The number of aliphatic hydroxyl groups excluding tert-OH is 1. The first-order chi connectivity index (χ1) is 7.99. The Kier molecular flexibility index (Phi) is 5.21. The number of carbonyl (C=O) groups is 2. The highest BCUT2D eigenvalue weighted by Crippen LogP contribution is 2.23. The van der Waals surface area contributed by atoms with Gasteiger partial charge in [-0.2, -0.15) is 0 Å². The van der Waals surface area contributed by atoms with Crippen molar-refractivity contribution < 1.29 is 19.8 Å². The smallest absolute Gasteiger partial charge is 0.334 e. The number of carboxylic acid groups (broad SMARTS) is 1. The fourth-order valence-electron chi connectivity index (χ4n) is 1.92. The molecule has 0 spiro atoms. The zero-order valence-electron chi connectivity index (χ0n) is 9.98. The van der Waals surface area contributed by atoms with Gasteiger partial charge < -0.3 is 20.8 Å². The van der Waals surface area contributed by atoms with E-state index in [1.54, 1.807) is 0 Å². The van der Waals surface area contributed by atoms with Crippen LogP contribution >= 0.6 is 0 Å². The highest BCUT2D eigenvalue weighted by molar-refractivity contribution is 5.76. The molecule has 0 aromatic rings. The van der Waals surface area contributed by atoms with Gasteiger partial charge in [0, 0.05) is 6.04 Å². The third-order valence-corrected chi connectivity index (χ3v) is 3.09. The molecule has 0 saturated heterocycles. The Morgan fingerprint density at radius 1 is 1.29 bits per heavy atom. The molecule has 0 unspecified atom stereocenters. The summed E-state index contributed by atoms with van der Waals surface area (Å²) in [5, 5.41) is 22.5. The number of nitrogens with one attached hydrogen (secondary N) is 2. The number of hydrogen-bond acceptors (Lipinski definition) is 3. The van der Waals surface area contributed by atoms with Crippen molar-refractivity contribution in [1.29, 1.82) is 0 Å². The van der Waals surface area contributed by atoms with Gasteiger partial charge in [0.15, 0.2) is 6.10 Å². The lowest BCUT2D eigenvalue weighted by molar-refractivity contribution is -0.146.